The van der Waals surface area contributed by atoms with Gasteiger partial charge in [0.15, 0.2) is 0 Å². The summed E-state index contributed by atoms with van der Waals surface area (Å²) in [6.45, 7) is 3.24. The van der Waals surface area contributed by atoms with Gasteiger partial charge in [0.05, 0.1) is 18.6 Å². The van der Waals surface area contributed by atoms with Crippen LogP contribution in [0.4, 0.5) is 10.5 Å². The van der Waals surface area contributed by atoms with E-state index in [0.29, 0.717) is 50.6 Å². The average Bonchev–Trinajstić information content (AvgIpc) is 3.15. The van der Waals surface area contributed by atoms with Gasteiger partial charge in [-0.15, -0.1) is 0 Å². The number of hydrogen-bond acceptors (Lipinski definition) is 4. The predicted octanol–water partition coefficient (Wildman–Crippen LogP) is 3.31. The van der Waals surface area contributed by atoms with Crippen LogP contribution in [-0.4, -0.2) is 78.9 Å². The van der Waals surface area contributed by atoms with Crippen LogP contribution in [0.25, 0.3) is 0 Å². The van der Waals surface area contributed by atoms with E-state index in [4.69, 9.17) is 4.74 Å². The average molecular weight is 465 g/mol. The van der Waals surface area contributed by atoms with Crippen LogP contribution in [0.1, 0.15) is 29.6 Å². The molecule has 2 fully saturated rings. The molecule has 2 saturated heterocycles. The molecule has 180 valence electrons. The lowest BCUT2D eigenvalue weighted by atomic mass is 9.96. The minimum Gasteiger partial charge on any atom is -0.496 e. The highest BCUT2D eigenvalue weighted by Gasteiger charge is 2.32. The third kappa shape index (κ3) is 5.50. The summed E-state index contributed by atoms with van der Waals surface area (Å²) >= 11 is 0. The number of nitrogens with one attached hydrogen (secondary N) is 1. The molecule has 2 aromatic rings. The number of hydrogen-bond donors (Lipinski definition) is 1. The van der Waals surface area contributed by atoms with Gasteiger partial charge in [0.2, 0.25) is 5.91 Å². The quantitative estimate of drug-likeness (QED) is 0.753. The highest BCUT2D eigenvalue weighted by Crippen LogP contribution is 2.23. The van der Waals surface area contributed by atoms with Crippen molar-refractivity contribution in [1.29, 1.82) is 0 Å². The van der Waals surface area contributed by atoms with Gasteiger partial charge < -0.3 is 24.8 Å². The molecule has 1 unspecified atom stereocenters. The molecule has 0 saturated carbocycles. The van der Waals surface area contributed by atoms with Crippen molar-refractivity contribution in [2.75, 3.05) is 51.7 Å². The summed E-state index contributed by atoms with van der Waals surface area (Å²) in [7, 11) is 1.56. The first-order valence-corrected chi connectivity index (χ1v) is 11.9. The summed E-state index contributed by atoms with van der Waals surface area (Å²) in [5.74, 6) is 0.337. The fourth-order valence-electron chi connectivity index (χ4n) is 4.68. The van der Waals surface area contributed by atoms with E-state index >= 15 is 0 Å². The number of para-hydroxylation sites is 2. The van der Waals surface area contributed by atoms with E-state index in [1.165, 1.54) is 0 Å². The minimum absolute atomic E-state index is 0.0730. The van der Waals surface area contributed by atoms with Gasteiger partial charge in [-0.3, -0.25) is 9.59 Å². The number of benzene rings is 2. The van der Waals surface area contributed by atoms with E-state index in [-0.39, 0.29) is 23.8 Å². The third-order valence-corrected chi connectivity index (χ3v) is 6.52. The molecule has 0 aromatic heterocycles. The summed E-state index contributed by atoms with van der Waals surface area (Å²) < 4.78 is 5.34. The van der Waals surface area contributed by atoms with Gasteiger partial charge in [-0.25, -0.2) is 4.79 Å². The molecule has 4 amide bonds. The lowest BCUT2D eigenvalue weighted by Crippen LogP contribution is -2.48. The molecule has 34 heavy (non-hydrogen) atoms. The van der Waals surface area contributed by atoms with Crippen molar-refractivity contribution in [2.24, 2.45) is 5.92 Å². The van der Waals surface area contributed by atoms with Crippen molar-refractivity contribution in [3.63, 3.8) is 0 Å². The number of piperidine rings is 1. The lowest BCUT2D eigenvalue weighted by Gasteiger charge is -2.34. The summed E-state index contributed by atoms with van der Waals surface area (Å²) in [4.78, 5) is 44.5. The van der Waals surface area contributed by atoms with Gasteiger partial charge in [-0.2, -0.15) is 0 Å². The number of nitrogens with zero attached hydrogens (tertiary/aromatic N) is 3. The Hall–Kier alpha value is -3.55. The minimum atomic E-state index is -0.216. The molecule has 2 heterocycles. The van der Waals surface area contributed by atoms with Crippen LogP contribution >= 0.6 is 0 Å². The first-order chi connectivity index (χ1) is 16.6. The maximum atomic E-state index is 13.3. The van der Waals surface area contributed by atoms with Gasteiger partial charge in [0, 0.05) is 45.0 Å². The fourth-order valence-corrected chi connectivity index (χ4v) is 4.68. The topological polar surface area (TPSA) is 82.2 Å². The zero-order valence-electron chi connectivity index (χ0n) is 19.6. The van der Waals surface area contributed by atoms with Crippen LogP contribution in [0.3, 0.4) is 0 Å². The Morgan fingerprint density at radius 3 is 2.29 bits per heavy atom. The molecule has 1 N–H and O–H groups in total. The van der Waals surface area contributed by atoms with Gasteiger partial charge >= 0.3 is 6.03 Å². The van der Waals surface area contributed by atoms with Crippen molar-refractivity contribution in [3.8, 4) is 5.75 Å². The van der Waals surface area contributed by atoms with Crippen LogP contribution in [0, 0.1) is 5.92 Å². The highest BCUT2D eigenvalue weighted by molar-refractivity contribution is 5.97. The fraction of sp³-hybridized carbons (Fsp3) is 0.423. The molecule has 0 aliphatic carbocycles. The smallest absolute Gasteiger partial charge is 0.321 e. The molecule has 2 aliphatic heterocycles. The van der Waals surface area contributed by atoms with E-state index in [9.17, 15) is 14.4 Å². The Balaban J connectivity index is 1.34. The zero-order chi connectivity index (χ0) is 23.9. The van der Waals surface area contributed by atoms with Crippen LogP contribution in [0.5, 0.6) is 5.75 Å². The van der Waals surface area contributed by atoms with Crippen molar-refractivity contribution in [1.82, 2.24) is 14.7 Å². The molecular weight excluding hydrogens is 432 g/mol. The Morgan fingerprint density at radius 2 is 1.50 bits per heavy atom. The zero-order valence-corrected chi connectivity index (χ0v) is 19.6. The molecule has 0 spiro atoms. The lowest BCUT2D eigenvalue weighted by molar-refractivity contribution is -0.136. The SMILES string of the molecule is COc1ccccc1C(=O)N1CCCN(C(=O)C2CCCN(C(=O)Nc3ccccc3)C2)CC1. The van der Waals surface area contributed by atoms with E-state index in [0.717, 1.165) is 24.9 Å². The van der Waals surface area contributed by atoms with Crippen molar-refractivity contribution in [3.05, 3.63) is 60.2 Å². The Morgan fingerprint density at radius 1 is 0.824 bits per heavy atom. The largest absolute Gasteiger partial charge is 0.496 e. The number of carbonyl (C=O) groups is 3. The molecular formula is C26H32N4O4. The number of ether oxygens (including phenoxy) is 1. The number of anilines is 1. The Labute approximate surface area is 200 Å². The summed E-state index contributed by atoms with van der Waals surface area (Å²) in [5.41, 5.74) is 1.28. The molecule has 0 radical (unpaired) electrons. The summed E-state index contributed by atoms with van der Waals surface area (Å²) in [5, 5.41) is 2.91. The van der Waals surface area contributed by atoms with Gasteiger partial charge in [-0.05, 0) is 43.5 Å². The van der Waals surface area contributed by atoms with Crippen LogP contribution in [0.15, 0.2) is 54.6 Å². The third-order valence-electron chi connectivity index (χ3n) is 6.52. The van der Waals surface area contributed by atoms with Crippen molar-refractivity contribution in [2.45, 2.75) is 19.3 Å². The van der Waals surface area contributed by atoms with Gasteiger partial charge in [-0.1, -0.05) is 30.3 Å². The van der Waals surface area contributed by atoms with E-state index < -0.39 is 0 Å². The maximum Gasteiger partial charge on any atom is 0.321 e. The normalized spacial score (nSPS) is 18.7. The first-order valence-electron chi connectivity index (χ1n) is 11.9. The molecule has 2 aromatic carbocycles. The number of methoxy groups -OCH3 is 1. The summed E-state index contributed by atoms with van der Waals surface area (Å²) in [6, 6.07) is 16.4. The molecule has 4 rings (SSSR count). The highest BCUT2D eigenvalue weighted by atomic mass is 16.5. The second-order valence-corrected chi connectivity index (χ2v) is 8.75. The molecule has 2 aliphatic rings. The number of amides is 4. The Kier molecular flexibility index (Phi) is 7.67. The number of likely N-dealkylation sites (tertiary alicyclic amines) is 1. The Bertz CT molecular complexity index is 1010. The number of rotatable bonds is 4. The van der Waals surface area contributed by atoms with Gasteiger partial charge in [0.1, 0.15) is 5.75 Å². The second kappa shape index (κ2) is 11.0. The van der Waals surface area contributed by atoms with Crippen LogP contribution in [0.2, 0.25) is 0 Å². The number of urea groups is 1. The van der Waals surface area contributed by atoms with Crippen molar-refractivity contribution < 1.29 is 19.1 Å². The van der Waals surface area contributed by atoms with E-state index in [1.807, 2.05) is 47.4 Å². The standard InChI is InChI=1S/C26H32N4O4/c1-34-23-13-6-5-12-22(23)25(32)29-16-8-15-28(17-18-29)24(31)20-9-7-14-30(19-20)26(33)27-21-10-3-2-4-11-21/h2-6,10-13,20H,7-9,14-19H2,1H3,(H,27,33). The molecule has 8 nitrogen and oxygen atoms in total. The predicted molar refractivity (Wildman–Crippen MR) is 130 cm³/mol. The molecule has 0 bridgehead atoms. The second-order valence-electron chi connectivity index (χ2n) is 8.75. The van der Waals surface area contributed by atoms with Crippen molar-refractivity contribution >= 4 is 23.5 Å². The first kappa shape index (κ1) is 23.6. The number of carbonyl (C=O) groups excluding carboxylic acids is 3. The molecule has 1 atom stereocenters. The molecule has 8 heteroatoms. The van der Waals surface area contributed by atoms with E-state index in [1.54, 1.807) is 29.0 Å². The van der Waals surface area contributed by atoms with Crippen LogP contribution in [-0.2, 0) is 4.79 Å². The summed E-state index contributed by atoms with van der Waals surface area (Å²) in [6.07, 6.45) is 2.29. The van der Waals surface area contributed by atoms with Crippen LogP contribution < -0.4 is 10.1 Å². The van der Waals surface area contributed by atoms with E-state index in [2.05, 4.69) is 5.32 Å². The maximum absolute atomic E-state index is 13.3. The van der Waals surface area contributed by atoms with Gasteiger partial charge in [0.25, 0.3) is 5.91 Å². The monoisotopic (exact) mass is 464 g/mol.